The van der Waals surface area contributed by atoms with Crippen LogP contribution in [0.4, 0.5) is 4.79 Å². The van der Waals surface area contributed by atoms with Gasteiger partial charge in [0.05, 0.1) is 45.2 Å². The predicted molar refractivity (Wildman–Crippen MR) is 210 cm³/mol. The fourth-order valence-electron chi connectivity index (χ4n) is 7.29. The van der Waals surface area contributed by atoms with E-state index in [2.05, 4.69) is 5.32 Å². The van der Waals surface area contributed by atoms with Crippen LogP contribution < -0.4 is 5.32 Å². The average molecular weight is 869 g/mol. The molecule has 3 aliphatic rings. The first-order valence-electron chi connectivity index (χ1n) is 19.0. The Morgan fingerprint density at radius 3 is 2.19 bits per heavy atom. The van der Waals surface area contributed by atoms with E-state index in [9.17, 15) is 19.8 Å². The molecule has 3 N–H and O–H groups in total. The number of aliphatic hydroxyl groups is 2. The van der Waals surface area contributed by atoms with Crippen LogP contribution in [0.2, 0.25) is 0 Å². The third kappa shape index (κ3) is 11.4. The molecule has 0 aromatic heterocycles. The summed E-state index contributed by atoms with van der Waals surface area (Å²) < 4.78 is 53.2. The van der Waals surface area contributed by atoms with E-state index in [1.165, 1.54) is 6.92 Å². The van der Waals surface area contributed by atoms with Gasteiger partial charge in [-0.3, -0.25) is 0 Å². The molecule has 0 saturated carbocycles. The molecule has 1 amide bonds. The van der Waals surface area contributed by atoms with Crippen molar-refractivity contribution in [3.8, 4) is 0 Å². The number of carbonyl (C=O) groups excluding carboxylic acids is 2. The van der Waals surface area contributed by atoms with Crippen LogP contribution in [0.1, 0.15) is 43.2 Å². The maximum Gasteiger partial charge on any atom is 0.407 e. The third-order valence-corrected chi connectivity index (χ3v) is 10.3. The van der Waals surface area contributed by atoms with Gasteiger partial charge < -0.3 is 58.2 Å². The molecule has 3 aromatic carbocycles. The number of halogens is 3. The molecule has 3 aromatic rings. The number of hydrogen-bond acceptors (Lipinski definition) is 13. The number of rotatable bonds is 15. The normalized spacial score (nSPS) is 30.4. The zero-order chi connectivity index (χ0) is 41.3. The van der Waals surface area contributed by atoms with Crippen molar-refractivity contribution in [1.29, 1.82) is 0 Å². The Hall–Kier alpha value is -3.09. The first kappa shape index (κ1) is 44.5. The van der Waals surface area contributed by atoms with Crippen molar-refractivity contribution in [2.75, 3.05) is 26.4 Å². The van der Waals surface area contributed by atoms with E-state index in [1.807, 2.05) is 91.0 Å². The molecule has 0 spiro atoms. The van der Waals surface area contributed by atoms with Gasteiger partial charge in [0.15, 0.2) is 18.7 Å². The minimum absolute atomic E-state index is 0.0319. The number of carbonyl (C=O) groups is 2. The topological polar surface area (TPSA) is 170 Å². The summed E-state index contributed by atoms with van der Waals surface area (Å²) in [5.74, 6) is -0.706. The molecule has 0 radical (unpaired) electrons. The minimum Gasteiger partial charge on any atom is -0.464 e. The van der Waals surface area contributed by atoms with Gasteiger partial charge in [0.25, 0.3) is 0 Å². The van der Waals surface area contributed by atoms with Crippen molar-refractivity contribution in [3.63, 3.8) is 0 Å². The number of alkyl carbamates (subject to hydrolysis) is 1. The zero-order valence-corrected chi connectivity index (χ0v) is 34.2. The van der Waals surface area contributed by atoms with Crippen LogP contribution >= 0.6 is 34.8 Å². The van der Waals surface area contributed by atoms with Crippen LogP contribution in [0.5, 0.6) is 0 Å². The first-order valence-corrected chi connectivity index (χ1v) is 20.1. The highest BCUT2D eigenvalue weighted by Crippen LogP contribution is 2.44. The van der Waals surface area contributed by atoms with Gasteiger partial charge >= 0.3 is 12.1 Å². The molecule has 17 heteroatoms. The Bertz CT molecular complexity index is 1740. The summed E-state index contributed by atoms with van der Waals surface area (Å²) in [7, 11) is 0. The molecule has 316 valence electrons. The monoisotopic (exact) mass is 867 g/mol. The highest BCUT2D eigenvalue weighted by molar-refractivity contribution is 6.67. The van der Waals surface area contributed by atoms with Crippen LogP contribution in [0.15, 0.2) is 91.0 Å². The van der Waals surface area contributed by atoms with Gasteiger partial charge in [0.2, 0.25) is 3.79 Å². The quantitative estimate of drug-likeness (QED) is 0.133. The Labute approximate surface area is 351 Å². The number of hydrogen-bond donors (Lipinski definition) is 3. The van der Waals surface area contributed by atoms with E-state index >= 15 is 0 Å². The fourth-order valence-corrected chi connectivity index (χ4v) is 7.45. The van der Waals surface area contributed by atoms with E-state index < -0.39 is 89.4 Å². The van der Waals surface area contributed by atoms with Gasteiger partial charge in [-0.1, -0.05) is 126 Å². The van der Waals surface area contributed by atoms with Gasteiger partial charge in [-0.15, -0.1) is 0 Å². The van der Waals surface area contributed by atoms with Gasteiger partial charge in [-0.25, -0.2) is 9.59 Å². The maximum absolute atomic E-state index is 13.7. The molecule has 0 bridgehead atoms. The summed E-state index contributed by atoms with van der Waals surface area (Å²) in [5, 5.41) is 27.2. The van der Waals surface area contributed by atoms with Gasteiger partial charge in [-0.2, -0.15) is 0 Å². The zero-order valence-electron chi connectivity index (χ0n) is 31.9. The molecular formula is C41H48Cl3NO13. The number of aliphatic hydroxyl groups excluding tert-OH is 1. The van der Waals surface area contributed by atoms with Crippen molar-refractivity contribution >= 4 is 46.9 Å². The Kier molecular flexibility index (Phi) is 15.7. The standard InChI is InChI=1S/C41H48Cl3NO13/c1-3-51-37(47)25(2)55-30-19-32(46)57-31(23-50-20-26-13-7-4-8-14-26)41(30,49)36-33(45-39(48)54-24-40(42,43)44)35(52-21-27-15-9-5-10-16-27)34-29(56-36)22-53-38(58-34)28-17-11-6-12-18-28/h4-18,25,29-36,38,46,49H,3,19-24H2,1-2H3,(H,45,48)/t25?,29-,30-,31-,32-,33-,34-,35-,36-,38?,41+/m1/s1. The number of benzene rings is 3. The van der Waals surface area contributed by atoms with Crippen molar-refractivity contribution in [2.45, 2.75) is 104 Å². The lowest BCUT2D eigenvalue weighted by Gasteiger charge is -2.57. The summed E-state index contributed by atoms with van der Waals surface area (Å²) in [5.41, 5.74) is 0.0463. The van der Waals surface area contributed by atoms with Crippen LogP contribution in [0.25, 0.3) is 0 Å². The number of ether oxygens (including phenoxy) is 9. The van der Waals surface area contributed by atoms with Crippen LogP contribution in [-0.4, -0.2) is 113 Å². The number of esters is 1. The fraction of sp³-hybridized carbons (Fsp3) is 0.512. The second kappa shape index (κ2) is 20.4. The minimum atomic E-state index is -2.31. The second-order valence-corrected chi connectivity index (χ2v) is 16.6. The Morgan fingerprint density at radius 2 is 1.55 bits per heavy atom. The average Bonchev–Trinajstić information content (AvgIpc) is 3.21. The lowest BCUT2D eigenvalue weighted by atomic mass is 9.74. The summed E-state index contributed by atoms with van der Waals surface area (Å²) in [6.07, 6.45) is -12.1. The highest BCUT2D eigenvalue weighted by atomic mass is 35.6. The summed E-state index contributed by atoms with van der Waals surface area (Å²) in [4.78, 5) is 26.6. The molecule has 3 saturated heterocycles. The molecule has 14 nitrogen and oxygen atoms in total. The van der Waals surface area contributed by atoms with Crippen LogP contribution in [-0.2, 0) is 60.6 Å². The van der Waals surface area contributed by atoms with Gasteiger partial charge in [0, 0.05) is 12.0 Å². The molecular weight excluding hydrogens is 821 g/mol. The van der Waals surface area contributed by atoms with E-state index in [1.54, 1.807) is 6.92 Å². The highest BCUT2D eigenvalue weighted by Gasteiger charge is 2.64. The molecule has 0 aliphatic carbocycles. The van der Waals surface area contributed by atoms with Crippen molar-refractivity contribution < 1.29 is 62.4 Å². The molecule has 3 fully saturated rings. The number of fused-ring (bicyclic) bond motifs is 1. The third-order valence-electron chi connectivity index (χ3n) is 9.98. The maximum atomic E-state index is 13.7. The molecule has 11 atom stereocenters. The first-order chi connectivity index (χ1) is 27.9. The summed E-state index contributed by atoms with van der Waals surface area (Å²) in [6, 6.07) is 26.6. The molecule has 6 rings (SSSR count). The van der Waals surface area contributed by atoms with Crippen LogP contribution in [0, 0.1) is 0 Å². The Balaban J connectivity index is 1.42. The number of nitrogens with one attached hydrogen (secondary N) is 1. The molecule has 3 aliphatic heterocycles. The van der Waals surface area contributed by atoms with Crippen molar-refractivity contribution in [1.82, 2.24) is 5.32 Å². The van der Waals surface area contributed by atoms with Gasteiger partial charge in [-0.05, 0) is 25.0 Å². The van der Waals surface area contributed by atoms with Crippen molar-refractivity contribution in [2.24, 2.45) is 0 Å². The van der Waals surface area contributed by atoms with E-state index in [4.69, 9.17) is 77.4 Å². The molecule has 58 heavy (non-hydrogen) atoms. The Morgan fingerprint density at radius 1 is 0.914 bits per heavy atom. The number of alkyl halides is 3. The van der Waals surface area contributed by atoms with E-state index in [0.29, 0.717) is 0 Å². The predicted octanol–water partition coefficient (Wildman–Crippen LogP) is 5.31. The summed E-state index contributed by atoms with van der Waals surface area (Å²) in [6.45, 7) is 2.39. The lowest BCUT2D eigenvalue weighted by molar-refractivity contribution is -0.368. The van der Waals surface area contributed by atoms with Crippen molar-refractivity contribution in [3.05, 3.63) is 108 Å². The smallest absolute Gasteiger partial charge is 0.407 e. The lowest BCUT2D eigenvalue weighted by Crippen LogP contribution is -2.78. The SMILES string of the molecule is CCOC(=O)C(C)O[C@@H]1C[C@H](O)O[C@H](COCc2ccccc2)[C@]1(O)[C@@H]1O[C@@H]2COC(c3ccccc3)O[C@H]2[C@H](OCc2ccccc2)[C@H]1NC(=O)OCC(Cl)(Cl)Cl. The largest absolute Gasteiger partial charge is 0.464 e. The number of amides is 1. The van der Waals surface area contributed by atoms with Crippen LogP contribution in [0.3, 0.4) is 0 Å². The van der Waals surface area contributed by atoms with Gasteiger partial charge in [0.1, 0.15) is 42.7 Å². The second-order valence-electron chi connectivity index (χ2n) is 14.1. The summed E-state index contributed by atoms with van der Waals surface area (Å²) >= 11 is 17.8. The molecule has 3 heterocycles. The molecule has 2 unspecified atom stereocenters. The van der Waals surface area contributed by atoms with E-state index in [-0.39, 0.29) is 39.5 Å². The van der Waals surface area contributed by atoms with E-state index in [0.717, 1.165) is 16.7 Å².